The van der Waals surface area contributed by atoms with Gasteiger partial charge < -0.3 is 0 Å². The van der Waals surface area contributed by atoms with E-state index in [-0.39, 0.29) is 0 Å². The molecule has 0 N–H and O–H groups in total. The van der Waals surface area contributed by atoms with Gasteiger partial charge in [0.25, 0.3) is 0 Å². The molecular weight excluding hydrogens is 787 g/mol. The molecule has 9 saturated carbocycles. The van der Waals surface area contributed by atoms with Crippen LogP contribution in [0.25, 0.3) is 0 Å². The zero-order valence-electron chi connectivity index (χ0n) is 43.6. The maximum absolute atomic E-state index is 3.32. The number of nitrogens with zero attached hydrogens (tertiary/aromatic N) is 3. The van der Waals surface area contributed by atoms with E-state index in [0.29, 0.717) is 0 Å². The molecule has 0 saturated heterocycles. The molecule has 0 unspecified atom stereocenters. The van der Waals surface area contributed by atoms with Crippen LogP contribution in [-0.4, -0.2) is 69.1 Å². The van der Waals surface area contributed by atoms with Crippen LogP contribution in [0.1, 0.15) is 265 Å². The van der Waals surface area contributed by atoms with Crippen LogP contribution in [0, 0.1) is 47.3 Å². The lowest BCUT2D eigenvalue weighted by Gasteiger charge is -2.53. The largest absolute Gasteiger partial charge is 0.294 e. The van der Waals surface area contributed by atoms with Gasteiger partial charge in [0.15, 0.2) is 0 Å². The van der Waals surface area contributed by atoms with Crippen molar-refractivity contribution in [3.63, 3.8) is 0 Å². The molecular formula is C62H107N3. The average Bonchev–Trinajstić information content (AvgIpc) is 3.35. The number of allylic oxidation sites excluding steroid dienone is 4. The van der Waals surface area contributed by atoms with E-state index in [9.17, 15) is 0 Å². The molecule has 0 amide bonds. The number of rotatable bonds is 13. The minimum atomic E-state index is 0.850. The topological polar surface area (TPSA) is 9.72 Å². The fourth-order valence-corrected chi connectivity index (χ4v) is 17.2. The molecule has 0 spiro atoms. The van der Waals surface area contributed by atoms with E-state index in [1.54, 1.807) is 0 Å². The summed E-state index contributed by atoms with van der Waals surface area (Å²) in [4.78, 5) is 9.88. The van der Waals surface area contributed by atoms with E-state index in [0.717, 1.165) is 102 Å². The van der Waals surface area contributed by atoms with E-state index < -0.39 is 0 Å². The third-order valence-electron chi connectivity index (χ3n) is 21.6. The first kappa shape index (κ1) is 49.3. The lowest BCUT2D eigenvalue weighted by atomic mass is 9.77. The summed E-state index contributed by atoms with van der Waals surface area (Å²) < 4.78 is 0. The molecule has 370 valence electrons. The van der Waals surface area contributed by atoms with Crippen molar-refractivity contribution in [1.29, 1.82) is 0 Å². The minimum absolute atomic E-state index is 0.850. The van der Waals surface area contributed by atoms with Gasteiger partial charge in [-0.05, 0) is 240 Å². The van der Waals surface area contributed by atoms with Crippen molar-refractivity contribution in [2.45, 2.75) is 320 Å². The third-order valence-corrected chi connectivity index (χ3v) is 21.6. The Morgan fingerprint density at radius 2 is 0.369 bits per heavy atom. The highest BCUT2D eigenvalue weighted by molar-refractivity contribution is 5.03. The van der Waals surface area contributed by atoms with Crippen molar-refractivity contribution in [3.8, 4) is 0 Å². The molecule has 0 aromatic rings. The predicted molar refractivity (Wildman–Crippen MR) is 279 cm³/mol. The second-order valence-electron chi connectivity index (χ2n) is 26.3. The summed E-state index contributed by atoms with van der Waals surface area (Å²) in [6, 6.07) is 7.72. The highest BCUT2D eigenvalue weighted by atomic mass is 15.3. The molecule has 0 bridgehead atoms. The van der Waals surface area contributed by atoms with Crippen molar-refractivity contribution in [1.82, 2.24) is 14.7 Å². The molecule has 9 aliphatic rings. The Kier molecular flexibility index (Phi) is 18.6. The van der Waals surface area contributed by atoms with Gasteiger partial charge in [0.2, 0.25) is 0 Å². The molecule has 0 radical (unpaired) electrons. The van der Waals surface area contributed by atoms with Gasteiger partial charge in [0.1, 0.15) is 0 Å². The van der Waals surface area contributed by atoms with E-state index in [4.69, 9.17) is 0 Å². The summed E-state index contributed by atoms with van der Waals surface area (Å²) in [6.45, 7) is 10.0. The molecule has 0 aromatic carbocycles. The monoisotopic (exact) mass is 894 g/mol. The molecule has 9 rings (SSSR count). The minimum Gasteiger partial charge on any atom is -0.294 e. The average molecular weight is 895 g/mol. The number of hydrogen-bond donors (Lipinski definition) is 0. The Hall–Kier alpha value is -0.640. The van der Waals surface area contributed by atoms with Crippen LogP contribution < -0.4 is 0 Å². The molecule has 0 aromatic heterocycles. The molecule has 0 atom stereocenters. The van der Waals surface area contributed by atoms with E-state index in [1.807, 2.05) is 0 Å². The molecule has 0 heterocycles. The molecule has 9 fully saturated rings. The summed E-state index contributed by atoms with van der Waals surface area (Å²) in [5, 5.41) is 0. The highest BCUT2D eigenvalue weighted by Gasteiger charge is 2.44. The van der Waals surface area contributed by atoms with E-state index in [2.05, 4.69) is 66.7 Å². The summed E-state index contributed by atoms with van der Waals surface area (Å²) in [5.41, 5.74) is 0. The van der Waals surface area contributed by atoms with Crippen molar-refractivity contribution < 1.29 is 0 Å². The van der Waals surface area contributed by atoms with Crippen molar-refractivity contribution in [2.24, 2.45) is 47.3 Å². The Morgan fingerprint density at radius 1 is 0.200 bits per heavy atom. The zero-order valence-corrected chi connectivity index (χ0v) is 43.6. The first-order chi connectivity index (χ1) is 31.8. The summed E-state index contributed by atoms with van der Waals surface area (Å²) in [5.74, 6) is 7.27. The predicted octanol–water partition coefficient (Wildman–Crippen LogP) is 16.9. The maximum Gasteiger partial charge on any atom is 0.0102 e. The Bertz CT molecular complexity index is 1280. The Balaban J connectivity index is 0.816. The molecule has 9 aliphatic carbocycles. The van der Waals surface area contributed by atoms with Crippen LogP contribution in [0.5, 0.6) is 0 Å². The van der Waals surface area contributed by atoms with Crippen molar-refractivity contribution in [3.05, 3.63) is 24.3 Å². The first-order valence-electron chi connectivity index (χ1n) is 30.5. The SMILES string of the molecule is CC1CCC(/C=C/C2CCC(N(C3CCC(C)CC3)C3CCC(N(C4CCCCC4)C4CCC(N(C5CCC(C)CC5)C5CCC(/C=C/C6CCC(C)CC6)CC5)CC4)CC3)CC2)CC1. The quantitative estimate of drug-likeness (QED) is 0.171. The lowest BCUT2D eigenvalue weighted by Crippen LogP contribution is -2.58. The fourth-order valence-electron chi connectivity index (χ4n) is 17.2. The van der Waals surface area contributed by atoms with E-state index in [1.165, 1.54) is 238 Å². The van der Waals surface area contributed by atoms with Gasteiger partial charge in [0, 0.05) is 54.4 Å². The van der Waals surface area contributed by atoms with Gasteiger partial charge in [-0.3, -0.25) is 14.7 Å². The van der Waals surface area contributed by atoms with Crippen LogP contribution in [0.3, 0.4) is 0 Å². The smallest absolute Gasteiger partial charge is 0.0102 e. The van der Waals surface area contributed by atoms with Crippen LogP contribution in [0.4, 0.5) is 0 Å². The number of hydrogen-bond acceptors (Lipinski definition) is 3. The van der Waals surface area contributed by atoms with E-state index >= 15 is 0 Å². The summed E-state index contributed by atoms with van der Waals surface area (Å²) in [6.07, 6.45) is 65.3. The van der Waals surface area contributed by atoms with Gasteiger partial charge in [-0.15, -0.1) is 0 Å². The standard InChI is InChI=1S/C62H107N3/c1-46-10-18-50(19-11-46)22-24-52-26-34-57(35-27-52)64(55-30-14-48(3)15-31-55)61-42-38-59(39-43-61)63(54-8-6-5-7-9-54)60-40-44-62(45-41-60)65(56-32-16-49(4)17-33-56)58-36-28-53(29-37-58)25-23-51-20-12-47(2)13-21-51/h22-25,46-62H,5-21,26-45H2,1-4H3/b24-22+,25-23+. The maximum atomic E-state index is 3.32. The van der Waals surface area contributed by atoms with Gasteiger partial charge >= 0.3 is 0 Å². The zero-order chi connectivity index (χ0) is 44.5. The Labute approximate surface area is 404 Å². The molecule has 65 heavy (non-hydrogen) atoms. The fraction of sp³-hybridized carbons (Fsp3) is 0.935. The molecule has 3 heteroatoms. The van der Waals surface area contributed by atoms with Crippen LogP contribution in [0.15, 0.2) is 24.3 Å². The van der Waals surface area contributed by atoms with Gasteiger partial charge in [-0.1, -0.05) is 96.9 Å². The summed E-state index contributed by atoms with van der Waals surface area (Å²) in [7, 11) is 0. The normalized spacial score (nSPS) is 43.5. The Morgan fingerprint density at radius 3 is 0.615 bits per heavy atom. The second kappa shape index (κ2) is 24.5. The van der Waals surface area contributed by atoms with Gasteiger partial charge in [-0.25, -0.2) is 0 Å². The van der Waals surface area contributed by atoms with Crippen LogP contribution >= 0.6 is 0 Å². The van der Waals surface area contributed by atoms with Gasteiger partial charge in [-0.2, -0.15) is 0 Å². The second-order valence-corrected chi connectivity index (χ2v) is 26.3. The molecule has 0 aliphatic heterocycles. The summed E-state index contributed by atoms with van der Waals surface area (Å²) >= 11 is 0. The first-order valence-corrected chi connectivity index (χ1v) is 30.5. The van der Waals surface area contributed by atoms with Crippen molar-refractivity contribution in [2.75, 3.05) is 0 Å². The lowest BCUT2D eigenvalue weighted by molar-refractivity contribution is -0.0360. The van der Waals surface area contributed by atoms with Gasteiger partial charge in [0.05, 0.1) is 0 Å². The van der Waals surface area contributed by atoms with Crippen molar-refractivity contribution >= 4 is 0 Å². The van der Waals surface area contributed by atoms with Crippen LogP contribution in [-0.2, 0) is 0 Å². The highest BCUT2D eigenvalue weighted by Crippen LogP contribution is 2.44. The van der Waals surface area contributed by atoms with Crippen LogP contribution in [0.2, 0.25) is 0 Å². The molecule has 3 nitrogen and oxygen atoms in total. The third kappa shape index (κ3) is 13.4.